The van der Waals surface area contributed by atoms with Gasteiger partial charge in [0.1, 0.15) is 5.76 Å². The van der Waals surface area contributed by atoms with Crippen molar-refractivity contribution in [2.24, 2.45) is 0 Å². The van der Waals surface area contributed by atoms with Crippen molar-refractivity contribution >= 4 is 17.4 Å². The van der Waals surface area contributed by atoms with Crippen molar-refractivity contribution in [1.29, 1.82) is 0 Å². The van der Waals surface area contributed by atoms with Gasteiger partial charge in [0.2, 0.25) is 5.91 Å². The van der Waals surface area contributed by atoms with Gasteiger partial charge in [-0.15, -0.1) is 0 Å². The molecule has 1 fully saturated rings. The van der Waals surface area contributed by atoms with Crippen LogP contribution < -0.4 is 10.2 Å². The van der Waals surface area contributed by atoms with Gasteiger partial charge in [0.05, 0.1) is 6.04 Å². The molecule has 6 nitrogen and oxygen atoms in total. The van der Waals surface area contributed by atoms with E-state index in [1.807, 2.05) is 13.0 Å². The van der Waals surface area contributed by atoms with Crippen molar-refractivity contribution in [3.05, 3.63) is 42.2 Å². The first-order valence-corrected chi connectivity index (χ1v) is 8.95. The minimum atomic E-state index is -0.146. The standard InChI is InChI=1S/C19H26N4O2/c1-3-17(19(24)20-18-14-15(2)25-21-18)23-11-7-10-22(12-13-23)16-8-5-4-6-9-16/h4-6,8-9,14,17H,3,7,10-13H2,1-2H3,(H,20,21,24). The van der Waals surface area contributed by atoms with Gasteiger partial charge in [-0.3, -0.25) is 9.69 Å². The maximum Gasteiger partial charge on any atom is 0.242 e. The Kier molecular flexibility index (Phi) is 5.71. The fraction of sp³-hybridized carbons (Fsp3) is 0.474. The highest BCUT2D eigenvalue weighted by Gasteiger charge is 2.27. The number of hydrogen-bond acceptors (Lipinski definition) is 5. The summed E-state index contributed by atoms with van der Waals surface area (Å²) >= 11 is 0. The number of carbonyl (C=O) groups is 1. The average molecular weight is 342 g/mol. The molecule has 1 aromatic heterocycles. The van der Waals surface area contributed by atoms with Crippen molar-refractivity contribution in [2.75, 3.05) is 36.4 Å². The van der Waals surface area contributed by atoms with E-state index < -0.39 is 0 Å². The zero-order chi connectivity index (χ0) is 17.6. The van der Waals surface area contributed by atoms with E-state index in [9.17, 15) is 4.79 Å². The maximum atomic E-state index is 12.7. The minimum absolute atomic E-state index is 0.0102. The van der Waals surface area contributed by atoms with Gasteiger partial charge < -0.3 is 14.7 Å². The Morgan fingerprint density at radius 1 is 1.24 bits per heavy atom. The quantitative estimate of drug-likeness (QED) is 0.905. The van der Waals surface area contributed by atoms with Crippen molar-refractivity contribution < 1.29 is 9.32 Å². The van der Waals surface area contributed by atoms with Gasteiger partial charge in [-0.1, -0.05) is 30.3 Å². The lowest BCUT2D eigenvalue weighted by Crippen LogP contribution is -2.45. The van der Waals surface area contributed by atoms with Gasteiger partial charge in [0.25, 0.3) is 0 Å². The zero-order valence-electron chi connectivity index (χ0n) is 14.9. The third-order valence-electron chi connectivity index (χ3n) is 4.66. The van der Waals surface area contributed by atoms with Crippen molar-refractivity contribution in [2.45, 2.75) is 32.7 Å². The van der Waals surface area contributed by atoms with E-state index >= 15 is 0 Å². The van der Waals surface area contributed by atoms with Gasteiger partial charge in [0, 0.05) is 37.9 Å². The number of benzene rings is 1. The highest BCUT2D eigenvalue weighted by atomic mass is 16.5. The molecule has 1 saturated heterocycles. The molecule has 1 aliphatic heterocycles. The number of carbonyl (C=O) groups excluding carboxylic acids is 1. The van der Waals surface area contributed by atoms with Gasteiger partial charge >= 0.3 is 0 Å². The number of aromatic nitrogens is 1. The summed E-state index contributed by atoms with van der Waals surface area (Å²) in [6.07, 6.45) is 1.82. The van der Waals surface area contributed by atoms with E-state index in [4.69, 9.17) is 4.52 Å². The molecular weight excluding hydrogens is 316 g/mol. The molecule has 1 atom stereocenters. The maximum absolute atomic E-state index is 12.7. The van der Waals surface area contributed by atoms with Crippen LogP contribution >= 0.6 is 0 Å². The molecule has 1 aromatic carbocycles. The summed E-state index contributed by atoms with van der Waals surface area (Å²) in [5, 5.41) is 6.73. The Labute approximate surface area is 148 Å². The minimum Gasteiger partial charge on any atom is -0.370 e. The Bertz CT molecular complexity index is 686. The topological polar surface area (TPSA) is 61.6 Å². The van der Waals surface area contributed by atoms with Crippen molar-refractivity contribution in [1.82, 2.24) is 10.1 Å². The molecule has 1 amide bonds. The predicted molar refractivity (Wildman–Crippen MR) is 98.8 cm³/mol. The second kappa shape index (κ2) is 8.16. The molecule has 3 rings (SSSR count). The van der Waals surface area contributed by atoms with Crippen LogP contribution in [0.4, 0.5) is 11.5 Å². The highest BCUT2D eigenvalue weighted by molar-refractivity contribution is 5.94. The Morgan fingerprint density at radius 3 is 2.72 bits per heavy atom. The van der Waals surface area contributed by atoms with E-state index in [0.717, 1.165) is 39.0 Å². The number of rotatable bonds is 5. The molecule has 2 heterocycles. The molecule has 2 aromatic rings. The SMILES string of the molecule is CCC(C(=O)Nc1cc(C)on1)N1CCCN(c2ccccc2)CC1. The molecule has 0 saturated carbocycles. The van der Waals surface area contributed by atoms with E-state index in [0.29, 0.717) is 11.6 Å². The molecule has 1 N–H and O–H groups in total. The molecule has 0 spiro atoms. The summed E-state index contributed by atoms with van der Waals surface area (Å²) in [7, 11) is 0. The lowest BCUT2D eigenvalue weighted by molar-refractivity contribution is -0.121. The van der Waals surface area contributed by atoms with E-state index in [2.05, 4.69) is 51.5 Å². The molecule has 25 heavy (non-hydrogen) atoms. The van der Waals surface area contributed by atoms with Crippen LogP contribution in [0.1, 0.15) is 25.5 Å². The number of anilines is 2. The summed E-state index contributed by atoms with van der Waals surface area (Å²) in [5.41, 5.74) is 1.25. The largest absolute Gasteiger partial charge is 0.370 e. The van der Waals surface area contributed by atoms with Crippen LogP contribution in [-0.2, 0) is 4.79 Å². The second-order valence-electron chi connectivity index (χ2n) is 6.45. The van der Waals surface area contributed by atoms with Crippen LogP contribution in [0.5, 0.6) is 0 Å². The van der Waals surface area contributed by atoms with Gasteiger partial charge in [-0.25, -0.2) is 0 Å². The zero-order valence-corrected chi connectivity index (χ0v) is 14.9. The molecule has 134 valence electrons. The summed E-state index contributed by atoms with van der Waals surface area (Å²) in [5.74, 6) is 1.17. The van der Waals surface area contributed by atoms with Gasteiger partial charge in [-0.2, -0.15) is 0 Å². The van der Waals surface area contributed by atoms with Gasteiger partial charge in [0.15, 0.2) is 5.82 Å². The monoisotopic (exact) mass is 342 g/mol. The molecular formula is C19H26N4O2. The van der Waals surface area contributed by atoms with Crippen LogP contribution in [-0.4, -0.2) is 48.2 Å². The van der Waals surface area contributed by atoms with E-state index in [-0.39, 0.29) is 11.9 Å². The van der Waals surface area contributed by atoms with Crippen molar-refractivity contribution in [3.63, 3.8) is 0 Å². The average Bonchev–Trinajstić information content (AvgIpc) is 2.88. The number of para-hydroxylation sites is 1. The molecule has 0 bridgehead atoms. The molecule has 0 radical (unpaired) electrons. The fourth-order valence-electron chi connectivity index (χ4n) is 3.39. The normalized spacial score (nSPS) is 17.1. The third-order valence-corrected chi connectivity index (χ3v) is 4.66. The Balaban J connectivity index is 1.62. The molecule has 6 heteroatoms. The first-order valence-electron chi connectivity index (χ1n) is 8.95. The van der Waals surface area contributed by atoms with Gasteiger partial charge in [-0.05, 0) is 31.9 Å². The highest BCUT2D eigenvalue weighted by Crippen LogP contribution is 2.18. The molecule has 1 aliphatic rings. The van der Waals surface area contributed by atoms with E-state index in [1.165, 1.54) is 5.69 Å². The third kappa shape index (κ3) is 4.39. The Hall–Kier alpha value is -2.34. The second-order valence-corrected chi connectivity index (χ2v) is 6.45. The number of hydrogen-bond donors (Lipinski definition) is 1. The van der Waals surface area contributed by atoms with Crippen LogP contribution in [0.3, 0.4) is 0 Å². The fourth-order valence-corrected chi connectivity index (χ4v) is 3.39. The van der Waals surface area contributed by atoms with Crippen LogP contribution in [0.2, 0.25) is 0 Å². The van der Waals surface area contributed by atoms with Crippen molar-refractivity contribution in [3.8, 4) is 0 Å². The number of nitrogens with one attached hydrogen (secondary N) is 1. The number of aryl methyl sites for hydroxylation is 1. The predicted octanol–water partition coefficient (Wildman–Crippen LogP) is 2.91. The molecule has 0 aliphatic carbocycles. The van der Waals surface area contributed by atoms with E-state index in [1.54, 1.807) is 6.07 Å². The van der Waals surface area contributed by atoms with Crippen LogP contribution in [0.15, 0.2) is 40.9 Å². The lowest BCUT2D eigenvalue weighted by atomic mass is 10.1. The lowest BCUT2D eigenvalue weighted by Gasteiger charge is -2.29. The summed E-state index contributed by atoms with van der Waals surface area (Å²) < 4.78 is 5.02. The number of nitrogens with zero attached hydrogens (tertiary/aromatic N) is 3. The first-order chi connectivity index (χ1) is 12.2. The Morgan fingerprint density at radius 2 is 2.04 bits per heavy atom. The molecule has 1 unspecified atom stereocenters. The summed E-state index contributed by atoms with van der Waals surface area (Å²) in [6, 6.07) is 12.1. The number of amides is 1. The smallest absolute Gasteiger partial charge is 0.242 e. The summed E-state index contributed by atoms with van der Waals surface area (Å²) in [4.78, 5) is 17.3. The van der Waals surface area contributed by atoms with Crippen LogP contribution in [0.25, 0.3) is 0 Å². The first kappa shape index (κ1) is 17.5. The van der Waals surface area contributed by atoms with Crippen LogP contribution in [0, 0.1) is 6.92 Å². The summed E-state index contributed by atoms with van der Waals surface area (Å²) in [6.45, 7) is 7.61.